The number of carbonyl (C=O) groups excluding carboxylic acids is 4. The van der Waals surface area contributed by atoms with Crippen LogP contribution < -0.4 is 15.1 Å². The van der Waals surface area contributed by atoms with Crippen molar-refractivity contribution in [3.05, 3.63) is 81.4 Å². The molecule has 41 heavy (non-hydrogen) atoms. The molecule has 1 aliphatic heterocycles. The smallest absolute Gasteiger partial charge is 0.488 e. The summed E-state index contributed by atoms with van der Waals surface area (Å²) in [5, 5.41) is 30.5. The van der Waals surface area contributed by atoms with E-state index in [1.807, 2.05) is 6.08 Å². The first-order valence-corrected chi connectivity index (χ1v) is 14.1. The summed E-state index contributed by atoms with van der Waals surface area (Å²) >= 11 is 3.21. The van der Waals surface area contributed by atoms with Gasteiger partial charge in [-0.05, 0) is 65.3 Å². The normalized spacial score (nSPS) is 25.4. The fourth-order valence-electron chi connectivity index (χ4n) is 6.69. The van der Waals surface area contributed by atoms with E-state index in [0.29, 0.717) is 17.7 Å². The van der Waals surface area contributed by atoms with Gasteiger partial charge in [0.1, 0.15) is 0 Å². The van der Waals surface area contributed by atoms with Crippen LogP contribution >= 0.6 is 15.9 Å². The molecule has 2 aromatic carbocycles. The second-order valence-electron chi connectivity index (χ2n) is 10.5. The number of rotatable bonds is 5. The number of carbonyl (C=O) groups is 4. The Labute approximate surface area is 244 Å². The third-order valence-corrected chi connectivity index (χ3v) is 8.99. The van der Waals surface area contributed by atoms with E-state index >= 15 is 0 Å². The number of aromatic hydroxyl groups is 1. The molecule has 0 aromatic heterocycles. The van der Waals surface area contributed by atoms with Crippen molar-refractivity contribution in [2.75, 3.05) is 11.5 Å². The summed E-state index contributed by atoms with van der Waals surface area (Å²) in [6.45, 7) is 2.09. The van der Waals surface area contributed by atoms with E-state index in [1.165, 1.54) is 24.3 Å². The molecule has 11 heteroatoms. The fourth-order valence-corrected chi connectivity index (χ4v) is 7.13. The summed E-state index contributed by atoms with van der Waals surface area (Å²) in [7, 11) is -1.77. The van der Waals surface area contributed by atoms with E-state index in [4.69, 9.17) is 4.74 Å². The molecule has 0 spiro atoms. The predicted molar refractivity (Wildman–Crippen MR) is 153 cm³/mol. The zero-order valence-corrected chi connectivity index (χ0v) is 23.5. The van der Waals surface area contributed by atoms with Gasteiger partial charge in [-0.3, -0.25) is 24.1 Å². The highest BCUT2D eigenvalue weighted by atomic mass is 79.9. The minimum Gasteiger partial charge on any atom is -0.504 e. The molecular weight excluding hydrogens is 593 g/mol. The molecule has 2 amide bonds. The monoisotopic (exact) mass is 617 g/mol. The van der Waals surface area contributed by atoms with Crippen molar-refractivity contribution in [2.24, 2.45) is 17.8 Å². The maximum Gasteiger partial charge on any atom is 0.488 e. The highest BCUT2D eigenvalue weighted by Crippen LogP contribution is 2.57. The van der Waals surface area contributed by atoms with Gasteiger partial charge in [0.05, 0.1) is 28.6 Å². The summed E-state index contributed by atoms with van der Waals surface area (Å²) < 4.78 is 5.71. The van der Waals surface area contributed by atoms with Crippen molar-refractivity contribution in [3.63, 3.8) is 0 Å². The van der Waals surface area contributed by atoms with Gasteiger partial charge in [-0.25, -0.2) is 0 Å². The van der Waals surface area contributed by atoms with Crippen LogP contribution in [0.4, 0.5) is 5.69 Å². The second kappa shape index (κ2) is 10.2. The maximum atomic E-state index is 14.0. The molecule has 3 aliphatic carbocycles. The number of amides is 2. The Kier molecular flexibility index (Phi) is 6.84. The first kappa shape index (κ1) is 27.4. The van der Waals surface area contributed by atoms with E-state index in [9.17, 15) is 34.3 Å². The van der Waals surface area contributed by atoms with Gasteiger partial charge in [-0.15, -0.1) is 0 Å². The highest BCUT2D eigenvalue weighted by Gasteiger charge is 2.57. The summed E-state index contributed by atoms with van der Waals surface area (Å²) in [4.78, 5) is 55.5. The van der Waals surface area contributed by atoms with E-state index in [2.05, 4.69) is 15.9 Å². The van der Waals surface area contributed by atoms with E-state index in [0.717, 1.165) is 4.90 Å². The van der Waals surface area contributed by atoms with Crippen LogP contribution in [0.2, 0.25) is 0 Å². The molecule has 2 aromatic rings. The van der Waals surface area contributed by atoms with Crippen molar-refractivity contribution in [3.8, 4) is 11.5 Å². The number of ether oxygens (including phenoxy) is 1. The van der Waals surface area contributed by atoms with Crippen molar-refractivity contribution in [2.45, 2.75) is 25.7 Å². The molecule has 3 N–H and O–H groups in total. The minimum absolute atomic E-state index is 0.0838. The average molecular weight is 618 g/mol. The van der Waals surface area contributed by atoms with E-state index < -0.39 is 42.6 Å². The lowest BCUT2D eigenvalue weighted by Crippen LogP contribution is -2.39. The van der Waals surface area contributed by atoms with Crippen LogP contribution in [0.5, 0.6) is 11.5 Å². The zero-order valence-electron chi connectivity index (χ0n) is 21.9. The molecule has 1 fully saturated rings. The second-order valence-corrected chi connectivity index (χ2v) is 11.4. The van der Waals surface area contributed by atoms with E-state index in [1.54, 1.807) is 31.2 Å². The Morgan fingerprint density at radius 1 is 1.05 bits per heavy atom. The number of nitrogens with zero attached hydrogens (tertiary/aromatic N) is 1. The number of fused-ring (bicyclic) bond motifs is 3. The van der Waals surface area contributed by atoms with Gasteiger partial charge in [0.2, 0.25) is 11.8 Å². The Hall–Kier alpha value is -3.80. The number of benzene rings is 2. The molecule has 0 saturated carbocycles. The number of phenolic OH excluding ortho intramolecular Hbond substituents is 1. The number of hydrogen-bond donors (Lipinski definition) is 3. The van der Waals surface area contributed by atoms with Gasteiger partial charge in [-0.2, -0.15) is 0 Å². The van der Waals surface area contributed by atoms with Crippen LogP contribution in [0.25, 0.3) is 0 Å². The summed E-state index contributed by atoms with van der Waals surface area (Å²) in [5.41, 5.74) is 1.94. The Balaban J connectivity index is 1.48. The number of phenols is 1. The Morgan fingerprint density at radius 2 is 1.80 bits per heavy atom. The number of halogens is 1. The topological polar surface area (TPSA) is 141 Å². The number of hydrogen-bond acceptors (Lipinski definition) is 8. The van der Waals surface area contributed by atoms with Crippen LogP contribution in [0.1, 0.15) is 31.2 Å². The first-order chi connectivity index (χ1) is 19.6. The van der Waals surface area contributed by atoms with Crippen LogP contribution in [0, 0.1) is 17.8 Å². The van der Waals surface area contributed by atoms with Gasteiger partial charge in [0, 0.05) is 28.7 Å². The molecule has 6 rings (SSSR count). The largest absolute Gasteiger partial charge is 0.504 e. The maximum absolute atomic E-state index is 14.0. The summed E-state index contributed by atoms with van der Waals surface area (Å²) in [5.74, 6) is -4.44. The van der Waals surface area contributed by atoms with Crippen molar-refractivity contribution < 1.29 is 39.1 Å². The number of Topliss-reactive ketones (excluding diaryl/α,β-unsaturated/α-hetero) is 1. The predicted octanol–water partition coefficient (Wildman–Crippen LogP) is 2.44. The van der Waals surface area contributed by atoms with Gasteiger partial charge < -0.3 is 19.9 Å². The van der Waals surface area contributed by atoms with Crippen molar-refractivity contribution >= 4 is 57.6 Å². The molecule has 1 heterocycles. The third-order valence-electron chi connectivity index (χ3n) is 8.40. The minimum atomic E-state index is -1.77. The number of para-hydroxylation sites is 1. The number of ketones is 2. The van der Waals surface area contributed by atoms with Gasteiger partial charge in [0.25, 0.3) is 0 Å². The fraction of sp³-hybridized carbons (Fsp3) is 0.267. The molecule has 1 saturated heterocycles. The zero-order chi connectivity index (χ0) is 29.2. The number of anilines is 1. The molecule has 9 nitrogen and oxygen atoms in total. The first-order valence-electron chi connectivity index (χ1n) is 13.3. The summed E-state index contributed by atoms with van der Waals surface area (Å²) in [6.07, 6.45) is 3.41. The Bertz CT molecular complexity index is 1630. The molecule has 4 aliphatic rings. The number of imide groups is 1. The van der Waals surface area contributed by atoms with Gasteiger partial charge >= 0.3 is 7.12 Å². The lowest BCUT2D eigenvalue weighted by molar-refractivity contribution is -0.123. The van der Waals surface area contributed by atoms with Crippen LogP contribution in [0.3, 0.4) is 0 Å². The lowest BCUT2D eigenvalue weighted by Gasteiger charge is -2.42. The number of allylic oxidation sites excluding steroid dienone is 6. The van der Waals surface area contributed by atoms with Crippen LogP contribution in [-0.2, 0) is 19.2 Å². The van der Waals surface area contributed by atoms with Crippen LogP contribution in [-0.4, -0.2) is 52.3 Å². The average Bonchev–Trinajstić information content (AvgIpc) is 3.21. The SMILES string of the molecule is CCOc1cccc([C@H]2C3=CC[C@@H]4C(=O)N(c5cccc(B(O)O)c5)C(=O)[C@@H]4[C@@H]3CC3=C2C(=O)C=C(Br)C3=O)c1O. The third kappa shape index (κ3) is 4.22. The van der Waals surface area contributed by atoms with Crippen LogP contribution in [0.15, 0.2) is 75.8 Å². The lowest BCUT2D eigenvalue weighted by atomic mass is 9.59. The quantitative estimate of drug-likeness (QED) is 0.201. The molecule has 0 unspecified atom stereocenters. The van der Waals surface area contributed by atoms with Gasteiger partial charge in [-0.1, -0.05) is 35.9 Å². The molecule has 4 atom stereocenters. The van der Waals surface area contributed by atoms with Crippen molar-refractivity contribution in [1.29, 1.82) is 0 Å². The Morgan fingerprint density at radius 3 is 2.54 bits per heavy atom. The summed E-state index contributed by atoms with van der Waals surface area (Å²) in [6, 6.07) is 10.9. The highest BCUT2D eigenvalue weighted by molar-refractivity contribution is 9.12. The molecule has 208 valence electrons. The standard InChI is InChI=1S/C30H25BBrNO8/c1-2-41-23-8-4-7-17(28(23)36)24-16-9-10-18-25(19(16)12-20-26(24)22(34)13-21(32)27(20)35)30(38)33(29(18)37)15-6-3-5-14(11-15)31(39)40/h3-9,11,13,18-19,24-25,36,39-40H,2,10,12H2,1H3/t18-,19+,24+,25-/m0/s1. The van der Waals surface area contributed by atoms with Gasteiger partial charge in [0.15, 0.2) is 23.1 Å². The molecule has 0 radical (unpaired) electrons. The van der Waals surface area contributed by atoms with Crippen molar-refractivity contribution in [1.82, 2.24) is 0 Å². The van der Waals surface area contributed by atoms with E-state index in [-0.39, 0.29) is 62.7 Å². The molecular formula is C30H25BBrNO8. The molecule has 0 bridgehead atoms.